The van der Waals surface area contributed by atoms with Gasteiger partial charge in [-0.3, -0.25) is 9.52 Å². The van der Waals surface area contributed by atoms with Crippen molar-refractivity contribution in [1.82, 2.24) is 0 Å². The van der Waals surface area contributed by atoms with Gasteiger partial charge >= 0.3 is 0 Å². The van der Waals surface area contributed by atoms with Gasteiger partial charge in [-0.2, -0.15) is 0 Å². The van der Waals surface area contributed by atoms with Gasteiger partial charge in [0.2, 0.25) is 0 Å². The summed E-state index contributed by atoms with van der Waals surface area (Å²) < 4.78 is 27.3. The number of hydrogen-bond donors (Lipinski definition) is 2. The topological polar surface area (TPSA) is 75.3 Å². The highest BCUT2D eigenvalue weighted by Gasteiger charge is 2.15. The number of nitrogens with one attached hydrogen (secondary N) is 2. The first-order valence-corrected chi connectivity index (χ1v) is 10.0. The Labute approximate surface area is 167 Å². The van der Waals surface area contributed by atoms with Crippen LogP contribution in [0, 0.1) is 0 Å². The maximum Gasteiger partial charge on any atom is 0.261 e. The molecule has 5 nitrogen and oxygen atoms in total. The summed E-state index contributed by atoms with van der Waals surface area (Å²) in [5.41, 5.74) is 0.896. The van der Waals surface area contributed by atoms with Crippen molar-refractivity contribution in [3.05, 3.63) is 88.4 Å². The Kier molecular flexibility index (Phi) is 5.70. The molecule has 0 aromatic heterocycles. The molecule has 2 N–H and O–H groups in total. The van der Waals surface area contributed by atoms with E-state index in [2.05, 4.69) is 10.0 Å². The van der Waals surface area contributed by atoms with E-state index in [0.29, 0.717) is 15.7 Å². The standard InChI is InChI=1S/C19H14Cl2N2O3S/c20-14-9-10-17(21)18(12-14)22-19(24)13-5-4-6-15(11-13)23-27(25,26)16-7-2-1-3-8-16/h1-12,23H,(H,22,24). The van der Waals surface area contributed by atoms with Gasteiger partial charge in [0.25, 0.3) is 15.9 Å². The first-order valence-electron chi connectivity index (χ1n) is 7.79. The second-order valence-corrected chi connectivity index (χ2v) is 8.10. The van der Waals surface area contributed by atoms with E-state index in [-0.39, 0.29) is 16.1 Å². The van der Waals surface area contributed by atoms with Gasteiger partial charge in [-0.1, -0.05) is 47.5 Å². The molecule has 1 amide bonds. The quantitative estimate of drug-likeness (QED) is 0.606. The smallest absolute Gasteiger partial charge is 0.261 e. The highest BCUT2D eigenvalue weighted by Crippen LogP contribution is 2.26. The summed E-state index contributed by atoms with van der Waals surface area (Å²) in [6.07, 6.45) is 0. The number of amides is 1. The molecule has 0 unspecified atom stereocenters. The number of halogens is 2. The molecular formula is C19H14Cl2N2O3S. The van der Waals surface area contributed by atoms with Crippen molar-refractivity contribution in [3.8, 4) is 0 Å². The number of anilines is 2. The third-order valence-corrected chi connectivity index (χ3v) is 5.57. The van der Waals surface area contributed by atoms with Gasteiger partial charge < -0.3 is 5.32 Å². The zero-order valence-electron chi connectivity index (χ0n) is 13.8. The Morgan fingerprint density at radius 2 is 1.59 bits per heavy atom. The number of hydrogen-bond acceptors (Lipinski definition) is 3. The normalized spacial score (nSPS) is 11.0. The minimum absolute atomic E-state index is 0.130. The molecule has 3 rings (SSSR count). The molecule has 3 aromatic rings. The Hall–Kier alpha value is -2.54. The second kappa shape index (κ2) is 8.00. The lowest BCUT2D eigenvalue weighted by Gasteiger charge is -2.11. The maximum absolute atomic E-state index is 12.5. The summed E-state index contributed by atoms with van der Waals surface area (Å²) in [6, 6.07) is 18.8. The van der Waals surface area contributed by atoms with Gasteiger partial charge in [0, 0.05) is 16.3 Å². The Balaban J connectivity index is 1.81. The van der Waals surface area contributed by atoms with Crippen molar-refractivity contribution >= 4 is 50.5 Å². The number of sulfonamides is 1. The summed E-state index contributed by atoms with van der Waals surface area (Å²) in [5.74, 6) is -0.445. The molecule has 0 aliphatic heterocycles. The molecular weight excluding hydrogens is 407 g/mol. The summed E-state index contributed by atoms with van der Waals surface area (Å²) in [7, 11) is -3.75. The first kappa shape index (κ1) is 19.2. The van der Waals surface area contributed by atoms with Crippen LogP contribution in [0.1, 0.15) is 10.4 Å². The summed E-state index contributed by atoms with van der Waals surface area (Å²) in [4.78, 5) is 12.6. The predicted molar refractivity (Wildman–Crippen MR) is 108 cm³/mol. The predicted octanol–water partition coefficient (Wildman–Crippen LogP) is 5.05. The van der Waals surface area contributed by atoms with E-state index in [9.17, 15) is 13.2 Å². The van der Waals surface area contributed by atoms with Crippen LogP contribution in [-0.2, 0) is 10.0 Å². The first-order chi connectivity index (χ1) is 12.8. The van der Waals surface area contributed by atoms with E-state index in [1.165, 1.54) is 24.3 Å². The molecule has 0 saturated carbocycles. The lowest BCUT2D eigenvalue weighted by molar-refractivity contribution is 0.102. The number of benzene rings is 3. The van der Waals surface area contributed by atoms with E-state index in [4.69, 9.17) is 23.2 Å². The van der Waals surface area contributed by atoms with Crippen LogP contribution in [0.4, 0.5) is 11.4 Å². The van der Waals surface area contributed by atoms with Crippen LogP contribution >= 0.6 is 23.2 Å². The fourth-order valence-corrected chi connectivity index (χ4v) is 3.73. The van der Waals surface area contributed by atoms with Crippen molar-refractivity contribution < 1.29 is 13.2 Å². The SMILES string of the molecule is O=C(Nc1cc(Cl)ccc1Cl)c1cccc(NS(=O)(=O)c2ccccc2)c1. The third-order valence-electron chi connectivity index (χ3n) is 3.61. The van der Waals surface area contributed by atoms with Gasteiger partial charge in [0.15, 0.2) is 0 Å². The summed E-state index contributed by atoms with van der Waals surface area (Å²) in [6.45, 7) is 0. The van der Waals surface area contributed by atoms with E-state index < -0.39 is 15.9 Å². The van der Waals surface area contributed by atoms with Crippen molar-refractivity contribution in [2.75, 3.05) is 10.0 Å². The Morgan fingerprint density at radius 3 is 2.33 bits per heavy atom. The fraction of sp³-hybridized carbons (Fsp3) is 0. The molecule has 3 aromatic carbocycles. The highest BCUT2D eigenvalue weighted by molar-refractivity contribution is 7.92. The molecule has 0 heterocycles. The largest absolute Gasteiger partial charge is 0.321 e. The molecule has 0 atom stereocenters. The maximum atomic E-state index is 12.5. The number of carbonyl (C=O) groups excluding carboxylic acids is 1. The van der Waals surface area contributed by atoms with E-state index in [1.54, 1.807) is 48.5 Å². The van der Waals surface area contributed by atoms with Crippen LogP contribution in [0.2, 0.25) is 10.0 Å². The average molecular weight is 421 g/mol. The molecule has 0 bridgehead atoms. The Bertz CT molecular complexity index is 1090. The van der Waals surface area contributed by atoms with Gasteiger partial charge in [0.05, 0.1) is 15.6 Å². The lowest BCUT2D eigenvalue weighted by atomic mass is 10.2. The van der Waals surface area contributed by atoms with Crippen LogP contribution in [-0.4, -0.2) is 14.3 Å². The average Bonchev–Trinajstić information content (AvgIpc) is 2.65. The molecule has 138 valence electrons. The molecule has 0 aliphatic carbocycles. The van der Waals surface area contributed by atoms with Crippen LogP contribution in [0.5, 0.6) is 0 Å². The van der Waals surface area contributed by atoms with Gasteiger partial charge in [-0.15, -0.1) is 0 Å². The van der Waals surface area contributed by atoms with Crippen LogP contribution in [0.3, 0.4) is 0 Å². The Morgan fingerprint density at radius 1 is 0.852 bits per heavy atom. The minimum atomic E-state index is -3.75. The third kappa shape index (κ3) is 4.80. The monoisotopic (exact) mass is 420 g/mol. The molecule has 0 radical (unpaired) electrons. The van der Waals surface area contributed by atoms with Gasteiger partial charge in [-0.25, -0.2) is 8.42 Å². The lowest BCUT2D eigenvalue weighted by Crippen LogP contribution is -2.15. The van der Waals surface area contributed by atoms with Crippen molar-refractivity contribution in [3.63, 3.8) is 0 Å². The molecule has 27 heavy (non-hydrogen) atoms. The summed E-state index contributed by atoms with van der Waals surface area (Å²) >= 11 is 12.0. The zero-order valence-corrected chi connectivity index (χ0v) is 16.1. The van der Waals surface area contributed by atoms with Gasteiger partial charge in [-0.05, 0) is 48.5 Å². The van der Waals surface area contributed by atoms with Crippen molar-refractivity contribution in [2.45, 2.75) is 4.90 Å². The molecule has 0 fully saturated rings. The number of rotatable bonds is 5. The van der Waals surface area contributed by atoms with E-state index in [0.717, 1.165) is 0 Å². The molecule has 8 heteroatoms. The summed E-state index contributed by atoms with van der Waals surface area (Å²) in [5, 5.41) is 3.43. The molecule has 0 saturated heterocycles. The minimum Gasteiger partial charge on any atom is -0.321 e. The molecule has 0 aliphatic rings. The van der Waals surface area contributed by atoms with Crippen LogP contribution < -0.4 is 10.0 Å². The van der Waals surface area contributed by atoms with Crippen LogP contribution in [0.25, 0.3) is 0 Å². The fourth-order valence-electron chi connectivity index (χ4n) is 2.33. The molecule has 0 spiro atoms. The second-order valence-electron chi connectivity index (χ2n) is 5.58. The van der Waals surface area contributed by atoms with Gasteiger partial charge in [0.1, 0.15) is 0 Å². The van der Waals surface area contributed by atoms with Crippen LogP contribution in [0.15, 0.2) is 77.7 Å². The highest BCUT2D eigenvalue weighted by atomic mass is 35.5. The van der Waals surface area contributed by atoms with Crippen molar-refractivity contribution in [2.24, 2.45) is 0 Å². The van der Waals surface area contributed by atoms with E-state index >= 15 is 0 Å². The van der Waals surface area contributed by atoms with Crippen molar-refractivity contribution in [1.29, 1.82) is 0 Å². The number of carbonyl (C=O) groups is 1. The zero-order chi connectivity index (χ0) is 19.4. The van der Waals surface area contributed by atoms with E-state index in [1.807, 2.05) is 0 Å².